The van der Waals surface area contributed by atoms with Crippen molar-refractivity contribution in [1.29, 1.82) is 0 Å². The Morgan fingerprint density at radius 3 is 2.35 bits per heavy atom. The maximum absolute atomic E-state index is 12.7. The molecule has 26 heavy (non-hydrogen) atoms. The molecule has 0 aromatic heterocycles. The van der Waals surface area contributed by atoms with Gasteiger partial charge in [-0.2, -0.15) is 0 Å². The number of piperazine rings is 1. The van der Waals surface area contributed by atoms with E-state index in [1.165, 1.54) is 7.11 Å². The lowest BCUT2D eigenvalue weighted by Crippen LogP contribution is -2.54. The van der Waals surface area contributed by atoms with Crippen LogP contribution in [0.15, 0.2) is 0 Å². The number of carbonyl (C=O) groups excluding carboxylic acids is 3. The van der Waals surface area contributed by atoms with Gasteiger partial charge < -0.3 is 24.2 Å². The van der Waals surface area contributed by atoms with Crippen LogP contribution in [0.4, 0.5) is 9.59 Å². The van der Waals surface area contributed by atoms with Gasteiger partial charge in [0.2, 0.25) is 0 Å². The van der Waals surface area contributed by atoms with E-state index in [0.717, 1.165) is 0 Å². The number of ether oxygens (including phenoxy) is 2. The standard InChI is InChI=1S/C18H31N3O5/c1-17(2,3)26-16(24)19-7-8-21-13(9-19)10-20(15(21)23)12-18(4,5)14(22)11-25-6/h13H,7-12H2,1-6H3/t13-/m0/s1. The smallest absolute Gasteiger partial charge is 0.410 e. The molecule has 2 aliphatic heterocycles. The van der Waals surface area contributed by atoms with Crippen LogP contribution in [0.2, 0.25) is 0 Å². The molecule has 2 rings (SSSR count). The van der Waals surface area contributed by atoms with Crippen LogP contribution in [0.3, 0.4) is 0 Å². The molecule has 2 fully saturated rings. The Hall–Kier alpha value is -1.83. The van der Waals surface area contributed by atoms with Gasteiger partial charge in [0.05, 0.1) is 6.04 Å². The summed E-state index contributed by atoms with van der Waals surface area (Å²) in [6.07, 6.45) is -0.348. The molecule has 0 aliphatic carbocycles. The highest BCUT2D eigenvalue weighted by atomic mass is 16.6. The molecule has 0 N–H and O–H groups in total. The van der Waals surface area contributed by atoms with Gasteiger partial charge in [-0.25, -0.2) is 9.59 Å². The van der Waals surface area contributed by atoms with Crippen LogP contribution in [0.5, 0.6) is 0 Å². The highest BCUT2D eigenvalue weighted by molar-refractivity contribution is 5.86. The summed E-state index contributed by atoms with van der Waals surface area (Å²) in [6, 6.07) is -0.144. The molecule has 8 nitrogen and oxygen atoms in total. The van der Waals surface area contributed by atoms with Crippen molar-refractivity contribution >= 4 is 17.9 Å². The van der Waals surface area contributed by atoms with Gasteiger partial charge in [0.25, 0.3) is 0 Å². The topological polar surface area (TPSA) is 79.4 Å². The summed E-state index contributed by atoms with van der Waals surface area (Å²) in [4.78, 5) is 42.3. The SMILES string of the molecule is COCC(=O)C(C)(C)CN1C[C@@H]2CN(C(=O)OC(C)(C)C)CCN2C1=O. The summed E-state index contributed by atoms with van der Waals surface area (Å²) in [7, 11) is 1.49. The Morgan fingerprint density at radius 2 is 1.77 bits per heavy atom. The van der Waals surface area contributed by atoms with Crippen molar-refractivity contribution < 1.29 is 23.9 Å². The minimum Gasteiger partial charge on any atom is -0.444 e. The molecule has 2 saturated heterocycles. The molecule has 0 aromatic carbocycles. The van der Waals surface area contributed by atoms with Gasteiger partial charge in [-0.1, -0.05) is 13.8 Å². The third kappa shape index (κ3) is 4.66. The molecule has 3 amide bonds. The van der Waals surface area contributed by atoms with Gasteiger partial charge in [0, 0.05) is 45.2 Å². The summed E-state index contributed by atoms with van der Waals surface area (Å²) in [5, 5.41) is 0. The second kappa shape index (κ2) is 7.42. The molecule has 2 heterocycles. The second-order valence-electron chi connectivity index (χ2n) is 8.68. The van der Waals surface area contributed by atoms with Crippen molar-refractivity contribution in [2.24, 2.45) is 5.41 Å². The van der Waals surface area contributed by atoms with Gasteiger partial charge in [-0.05, 0) is 20.8 Å². The van der Waals surface area contributed by atoms with Crippen molar-refractivity contribution in [2.75, 3.05) is 46.4 Å². The maximum Gasteiger partial charge on any atom is 0.410 e. The zero-order chi connectivity index (χ0) is 19.7. The first-order valence-corrected chi connectivity index (χ1v) is 9.00. The van der Waals surface area contributed by atoms with Crippen LogP contribution in [0.1, 0.15) is 34.6 Å². The Kier molecular flexibility index (Phi) is 5.85. The molecule has 8 heteroatoms. The number of methoxy groups -OCH3 is 1. The van der Waals surface area contributed by atoms with E-state index in [1.807, 2.05) is 34.6 Å². The molecule has 2 aliphatic rings. The van der Waals surface area contributed by atoms with Crippen LogP contribution in [-0.4, -0.2) is 90.7 Å². The van der Waals surface area contributed by atoms with E-state index >= 15 is 0 Å². The number of nitrogens with zero attached hydrogens (tertiary/aromatic N) is 3. The monoisotopic (exact) mass is 369 g/mol. The molecule has 0 spiro atoms. The van der Waals surface area contributed by atoms with E-state index in [1.54, 1.807) is 14.7 Å². The highest BCUT2D eigenvalue weighted by Gasteiger charge is 2.44. The number of amides is 3. The van der Waals surface area contributed by atoms with Crippen LogP contribution < -0.4 is 0 Å². The third-order valence-electron chi connectivity index (χ3n) is 4.70. The number of ketones is 1. The first-order chi connectivity index (χ1) is 11.9. The number of urea groups is 1. The Morgan fingerprint density at radius 1 is 1.12 bits per heavy atom. The maximum atomic E-state index is 12.7. The van der Waals surface area contributed by atoms with Crippen molar-refractivity contribution in [3.8, 4) is 0 Å². The molecule has 0 aromatic rings. The molecular formula is C18H31N3O5. The van der Waals surface area contributed by atoms with Crippen LogP contribution in [0, 0.1) is 5.41 Å². The van der Waals surface area contributed by atoms with Gasteiger partial charge in [-0.3, -0.25) is 4.79 Å². The molecule has 0 unspecified atom stereocenters. The molecule has 0 radical (unpaired) electrons. The summed E-state index contributed by atoms with van der Waals surface area (Å²) in [5.41, 5.74) is -1.22. The van der Waals surface area contributed by atoms with E-state index in [9.17, 15) is 14.4 Å². The normalized spacial score (nSPS) is 21.1. The number of carbonyl (C=O) groups is 3. The van der Waals surface area contributed by atoms with Crippen molar-refractivity contribution in [1.82, 2.24) is 14.7 Å². The van der Waals surface area contributed by atoms with E-state index in [2.05, 4.69) is 0 Å². The van der Waals surface area contributed by atoms with E-state index in [0.29, 0.717) is 32.7 Å². The minimum absolute atomic E-state index is 0.0342. The quantitative estimate of drug-likeness (QED) is 0.735. The third-order valence-corrected chi connectivity index (χ3v) is 4.70. The average Bonchev–Trinajstić information content (AvgIpc) is 2.81. The fraction of sp³-hybridized carbons (Fsp3) is 0.833. The molecular weight excluding hydrogens is 338 g/mol. The summed E-state index contributed by atoms with van der Waals surface area (Å²) < 4.78 is 10.4. The average molecular weight is 369 g/mol. The lowest BCUT2D eigenvalue weighted by Gasteiger charge is -2.37. The van der Waals surface area contributed by atoms with Gasteiger partial charge in [0.15, 0.2) is 5.78 Å². The summed E-state index contributed by atoms with van der Waals surface area (Å²) >= 11 is 0. The van der Waals surface area contributed by atoms with Gasteiger partial charge >= 0.3 is 12.1 Å². The predicted octanol–water partition coefficient (Wildman–Crippen LogP) is 1.58. The van der Waals surface area contributed by atoms with Crippen LogP contribution >= 0.6 is 0 Å². The second-order valence-corrected chi connectivity index (χ2v) is 8.68. The lowest BCUT2D eigenvalue weighted by atomic mass is 9.87. The number of rotatable bonds is 5. The zero-order valence-electron chi connectivity index (χ0n) is 16.7. The predicted molar refractivity (Wildman–Crippen MR) is 95.9 cm³/mol. The first-order valence-electron chi connectivity index (χ1n) is 9.00. The van der Waals surface area contributed by atoms with E-state index in [4.69, 9.17) is 9.47 Å². The first kappa shape index (κ1) is 20.5. The van der Waals surface area contributed by atoms with Gasteiger partial charge in [0.1, 0.15) is 12.2 Å². The summed E-state index contributed by atoms with van der Waals surface area (Å²) in [6.45, 7) is 11.4. The number of hydrogen-bond donors (Lipinski definition) is 0. The highest BCUT2D eigenvalue weighted by Crippen LogP contribution is 2.26. The van der Waals surface area contributed by atoms with Crippen molar-refractivity contribution in [2.45, 2.75) is 46.3 Å². The van der Waals surface area contributed by atoms with E-state index < -0.39 is 11.0 Å². The van der Waals surface area contributed by atoms with Gasteiger partial charge in [-0.15, -0.1) is 0 Å². The Balaban J connectivity index is 1.99. The Bertz CT molecular complexity index is 570. The fourth-order valence-electron chi connectivity index (χ4n) is 3.29. The molecule has 0 saturated carbocycles. The van der Waals surface area contributed by atoms with Crippen molar-refractivity contribution in [3.05, 3.63) is 0 Å². The lowest BCUT2D eigenvalue weighted by molar-refractivity contribution is -0.131. The largest absolute Gasteiger partial charge is 0.444 e. The number of Topliss-reactive ketones (excluding diaryl/α,β-unsaturated/α-hetero) is 1. The zero-order valence-corrected chi connectivity index (χ0v) is 16.7. The van der Waals surface area contributed by atoms with E-state index in [-0.39, 0.29) is 30.6 Å². The molecule has 1 atom stereocenters. The minimum atomic E-state index is -0.675. The molecule has 0 bridgehead atoms. The Labute approximate surface area is 155 Å². The van der Waals surface area contributed by atoms with Crippen LogP contribution in [0.25, 0.3) is 0 Å². The number of hydrogen-bond acceptors (Lipinski definition) is 5. The molecule has 148 valence electrons. The number of fused-ring (bicyclic) bond motifs is 1. The fourth-order valence-corrected chi connectivity index (χ4v) is 3.29. The van der Waals surface area contributed by atoms with Crippen LogP contribution in [-0.2, 0) is 14.3 Å². The van der Waals surface area contributed by atoms with Crippen molar-refractivity contribution in [3.63, 3.8) is 0 Å². The summed E-state index contributed by atoms with van der Waals surface area (Å²) in [5.74, 6) is -0.0342.